The van der Waals surface area contributed by atoms with Crippen molar-refractivity contribution in [2.24, 2.45) is 0 Å². The minimum absolute atomic E-state index is 0.0686. The zero-order valence-corrected chi connectivity index (χ0v) is 19.9. The molecule has 0 radical (unpaired) electrons. The fraction of sp³-hybridized carbons (Fsp3) is 0.481. The molecule has 1 unspecified atom stereocenters. The lowest BCUT2D eigenvalue weighted by atomic mass is 10.1. The Morgan fingerprint density at radius 2 is 1.45 bits per heavy atom. The summed E-state index contributed by atoms with van der Waals surface area (Å²) in [4.78, 5) is 24.2. The van der Waals surface area contributed by atoms with Gasteiger partial charge in [0.15, 0.2) is 0 Å². The molecule has 0 saturated carbocycles. The van der Waals surface area contributed by atoms with Gasteiger partial charge in [-0.1, -0.05) is 46.0 Å². The summed E-state index contributed by atoms with van der Waals surface area (Å²) >= 11 is 0. The molecule has 2 aromatic carbocycles. The lowest BCUT2D eigenvalue weighted by Crippen LogP contribution is -2.13. The van der Waals surface area contributed by atoms with E-state index >= 15 is 0 Å². The summed E-state index contributed by atoms with van der Waals surface area (Å²) in [5.41, 5.74) is -0.234. The molecule has 1 atom stereocenters. The molecule has 0 heterocycles. The fourth-order valence-corrected chi connectivity index (χ4v) is 3.32. The molecule has 0 amide bonds. The van der Waals surface area contributed by atoms with Crippen molar-refractivity contribution in [2.75, 3.05) is 0 Å². The van der Waals surface area contributed by atoms with Gasteiger partial charge in [-0.05, 0) is 62.6 Å². The first-order chi connectivity index (χ1) is 15.9. The standard InChI is InChI=1S/C27H35FO5/c1-4-6-8-10-12-26(29)32-23-17-18-24(25(28)19-23)27(30)33-22-15-13-21(14-16-22)31-20(3)11-9-7-5-2/h13-20H,4-12H2,1-3H3. The molecule has 0 N–H and O–H groups in total. The average molecular weight is 459 g/mol. The van der Waals surface area contributed by atoms with E-state index < -0.39 is 17.8 Å². The molecule has 0 spiro atoms. The quantitative estimate of drug-likeness (QED) is 0.169. The lowest BCUT2D eigenvalue weighted by molar-refractivity contribution is -0.134. The number of carbonyl (C=O) groups is 2. The summed E-state index contributed by atoms with van der Waals surface area (Å²) in [6, 6.07) is 10.3. The first-order valence-electron chi connectivity index (χ1n) is 11.9. The van der Waals surface area contributed by atoms with Gasteiger partial charge < -0.3 is 14.2 Å². The average Bonchev–Trinajstić information content (AvgIpc) is 2.78. The van der Waals surface area contributed by atoms with Crippen molar-refractivity contribution in [3.63, 3.8) is 0 Å². The van der Waals surface area contributed by atoms with Crippen molar-refractivity contribution < 1.29 is 28.2 Å². The Hall–Kier alpha value is -2.89. The van der Waals surface area contributed by atoms with Gasteiger partial charge in [-0.25, -0.2) is 9.18 Å². The predicted molar refractivity (Wildman–Crippen MR) is 126 cm³/mol. The summed E-state index contributed by atoms with van der Waals surface area (Å²) in [5, 5.41) is 0. The second kappa shape index (κ2) is 14.3. The van der Waals surface area contributed by atoms with Crippen LogP contribution >= 0.6 is 0 Å². The third-order valence-electron chi connectivity index (χ3n) is 5.21. The molecule has 0 aliphatic rings. The van der Waals surface area contributed by atoms with Crippen LogP contribution < -0.4 is 14.2 Å². The maximum absolute atomic E-state index is 14.4. The Bertz CT molecular complexity index is 879. The number of halogens is 1. The van der Waals surface area contributed by atoms with Crippen molar-refractivity contribution in [2.45, 2.75) is 84.7 Å². The van der Waals surface area contributed by atoms with Crippen LogP contribution in [0.25, 0.3) is 0 Å². The molecular weight excluding hydrogens is 423 g/mol. The molecule has 5 nitrogen and oxygen atoms in total. The van der Waals surface area contributed by atoms with Crippen molar-refractivity contribution in [1.82, 2.24) is 0 Å². The first kappa shape index (κ1) is 26.4. The molecule has 33 heavy (non-hydrogen) atoms. The number of carbonyl (C=O) groups excluding carboxylic acids is 2. The van der Waals surface area contributed by atoms with E-state index in [1.54, 1.807) is 24.3 Å². The highest BCUT2D eigenvalue weighted by Crippen LogP contribution is 2.23. The minimum atomic E-state index is -0.827. The zero-order chi connectivity index (χ0) is 24.1. The van der Waals surface area contributed by atoms with Crippen LogP contribution in [0, 0.1) is 5.82 Å². The van der Waals surface area contributed by atoms with E-state index in [4.69, 9.17) is 14.2 Å². The first-order valence-corrected chi connectivity index (χ1v) is 11.9. The van der Waals surface area contributed by atoms with Gasteiger partial charge in [0.1, 0.15) is 23.1 Å². The van der Waals surface area contributed by atoms with Crippen molar-refractivity contribution in [1.29, 1.82) is 0 Å². The molecule has 0 bridgehead atoms. The van der Waals surface area contributed by atoms with Gasteiger partial charge >= 0.3 is 11.9 Å². The summed E-state index contributed by atoms with van der Waals surface area (Å²) < 4.78 is 30.7. The van der Waals surface area contributed by atoms with Crippen molar-refractivity contribution in [3.8, 4) is 17.2 Å². The number of rotatable bonds is 14. The maximum atomic E-state index is 14.4. The monoisotopic (exact) mass is 458 g/mol. The summed E-state index contributed by atoms with van der Waals surface area (Å²) in [6.45, 7) is 6.28. The fourth-order valence-electron chi connectivity index (χ4n) is 3.32. The Labute approximate surface area is 196 Å². The molecular formula is C27H35FO5. The summed E-state index contributed by atoms with van der Waals surface area (Å²) in [6.07, 6.45) is 8.66. The van der Waals surface area contributed by atoms with Gasteiger partial charge in [0.05, 0.1) is 11.7 Å². The highest BCUT2D eigenvalue weighted by molar-refractivity contribution is 5.91. The van der Waals surface area contributed by atoms with Gasteiger partial charge in [0.2, 0.25) is 0 Å². The van der Waals surface area contributed by atoms with Crippen LogP contribution in [0.2, 0.25) is 0 Å². The highest BCUT2D eigenvalue weighted by Gasteiger charge is 2.16. The van der Waals surface area contributed by atoms with Crippen LogP contribution in [0.3, 0.4) is 0 Å². The largest absolute Gasteiger partial charge is 0.491 e. The van der Waals surface area contributed by atoms with E-state index in [2.05, 4.69) is 13.8 Å². The van der Waals surface area contributed by atoms with E-state index in [-0.39, 0.29) is 29.6 Å². The zero-order valence-electron chi connectivity index (χ0n) is 19.9. The molecule has 0 aliphatic heterocycles. The number of esters is 2. The molecule has 0 aliphatic carbocycles. The van der Waals surface area contributed by atoms with Crippen LogP contribution in [0.4, 0.5) is 4.39 Å². The smallest absolute Gasteiger partial charge is 0.346 e. The summed E-state index contributed by atoms with van der Waals surface area (Å²) in [5.74, 6) is -1.01. The lowest BCUT2D eigenvalue weighted by Gasteiger charge is -2.14. The Kier molecular flexibility index (Phi) is 11.4. The molecule has 2 rings (SSSR count). The normalized spacial score (nSPS) is 11.6. The SMILES string of the molecule is CCCCCCC(=O)Oc1ccc(C(=O)Oc2ccc(OC(C)CCCCC)cc2)c(F)c1. The van der Waals surface area contributed by atoms with Gasteiger partial charge in [-0.3, -0.25) is 4.79 Å². The van der Waals surface area contributed by atoms with Gasteiger partial charge in [-0.2, -0.15) is 0 Å². The Morgan fingerprint density at radius 3 is 2.12 bits per heavy atom. The summed E-state index contributed by atoms with van der Waals surface area (Å²) in [7, 11) is 0. The molecule has 6 heteroatoms. The third kappa shape index (κ3) is 9.64. The number of ether oxygens (including phenoxy) is 3. The predicted octanol–water partition coefficient (Wildman–Crippen LogP) is 7.27. The van der Waals surface area contributed by atoms with E-state index in [1.165, 1.54) is 25.0 Å². The maximum Gasteiger partial charge on any atom is 0.346 e. The van der Waals surface area contributed by atoms with Crippen LogP contribution in [0.15, 0.2) is 42.5 Å². The van der Waals surface area contributed by atoms with E-state index in [1.807, 2.05) is 6.92 Å². The van der Waals surface area contributed by atoms with Gasteiger partial charge in [0.25, 0.3) is 0 Å². The molecule has 0 fully saturated rings. The number of benzene rings is 2. The Morgan fingerprint density at radius 1 is 0.818 bits per heavy atom. The topological polar surface area (TPSA) is 61.8 Å². The minimum Gasteiger partial charge on any atom is -0.491 e. The van der Waals surface area contributed by atoms with Crippen molar-refractivity contribution >= 4 is 11.9 Å². The van der Waals surface area contributed by atoms with Gasteiger partial charge in [-0.15, -0.1) is 0 Å². The van der Waals surface area contributed by atoms with Crippen LogP contribution in [0.5, 0.6) is 17.2 Å². The van der Waals surface area contributed by atoms with Crippen LogP contribution in [0.1, 0.15) is 88.9 Å². The van der Waals surface area contributed by atoms with E-state index in [0.29, 0.717) is 5.75 Å². The van der Waals surface area contributed by atoms with E-state index in [0.717, 1.165) is 44.6 Å². The van der Waals surface area contributed by atoms with Crippen molar-refractivity contribution in [3.05, 3.63) is 53.8 Å². The van der Waals surface area contributed by atoms with Crippen LogP contribution in [-0.2, 0) is 4.79 Å². The highest BCUT2D eigenvalue weighted by atomic mass is 19.1. The second-order valence-corrected chi connectivity index (χ2v) is 8.21. The molecule has 180 valence electrons. The molecule has 0 saturated heterocycles. The number of hydrogen-bond acceptors (Lipinski definition) is 5. The second-order valence-electron chi connectivity index (χ2n) is 8.21. The molecule has 0 aromatic heterocycles. The van der Waals surface area contributed by atoms with E-state index in [9.17, 15) is 14.0 Å². The van der Waals surface area contributed by atoms with Gasteiger partial charge in [0, 0.05) is 12.5 Å². The number of unbranched alkanes of at least 4 members (excludes halogenated alkanes) is 5. The molecule has 2 aromatic rings. The van der Waals surface area contributed by atoms with Crippen LogP contribution in [-0.4, -0.2) is 18.0 Å². The number of hydrogen-bond donors (Lipinski definition) is 0. The Balaban J connectivity index is 1.87. The third-order valence-corrected chi connectivity index (χ3v) is 5.21.